The Morgan fingerprint density at radius 3 is 2.38 bits per heavy atom. The van der Waals surface area contributed by atoms with Crippen molar-refractivity contribution in [2.75, 3.05) is 13.1 Å². The predicted octanol–water partition coefficient (Wildman–Crippen LogP) is 1.61. The van der Waals surface area contributed by atoms with Gasteiger partial charge < -0.3 is 5.32 Å². The van der Waals surface area contributed by atoms with E-state index in [1.165, 1.54) is 19.4 Å². The van der Waals surface area contributed by atoms with Crippen LogP contribution in [0.4, 0.5) is 0 Å². The van der Waals surface area contributed by atoms with Crippen LogP contribution in [0.1, 0.15) is 40.5 Å². The van der Waals surface area contributed by atoms with Gasteiger partial charge in [-0.05, 0) is 40.5 Å². The first kappa shape index (κ1) is 9.47. The fourth-order valence-corrected chi connectivity index (χ4v) is 2.36. The molecule has 2 rings (SSSR count). The van der Waals surface area contributed by atoms with Crippen LogP contribution in [-0.2, 0) is 0 Å². The minimum atomic E-state index is 0.304. The lowest BCUT2D eigenvalue weighted by atomic mass is 9.97. The smallest absolute Gasteiger partial charge is 0.0253 e. The lowest BCUT2D eigenvalue weighted by Gasteiger charge is -2.46. The summed E-state index contributed by atoms with van der Waals surface area (Å²) >= 11 is 0. The van der Waals surface area contributed by atoms with Gasteiger partial charge in [-0.1, -0.05) is 0 Å². The maximum absolute atomic E-state index is 3.60. The summed E-state index contributed by atoms with van der Waals surface area (Å²) in [6.45, 7) is 11.7. The topological polar surface area (TPSA) is 15.3 Å². The van der Waals surface area contributed by atoms with E-state index >= 15 is 0 Å². The zero-order valence-electron chi connectivity index (χ0n) is 9.35. The second-order valence-corrected chi connectivity index (χ2v) is 5.74. The lowest BCUT2D eigenvalue weighted by Crippen LogP contribution is -2.63. The van der Waals surface area contributed by atoms with Crippen LogP contribution in [0.25, 0.3) is 0 Å². The molecule has 1 unspecified atom stereocenters. The van der Waals surface area contributed by atoms with Crippen molar-refractivity contribution in [3.63, 3.8) is 0 Å². The molecule has 2 nitrogen and oxygen atoms in total. The summed E-state index contributed by atoms with van der Waals surface area (Å²) < 4.78 is 0. The van der Waals surface area contributed by atoms with E-state index in [1.807, 2.05) is 0 Å². The molecule has 2 fully saturated rings. The highest BCUT2D eigenvalue weighted by Crippen LogP contribution is 2.43. The first-order chi connectivity index (χ1) is 5.93. The van der Waals surface area contributed by atoms with Gasteiger partial charge in [0.05, 0.1) is 0 Å². The zero-order valence-corrected chi connectivity index (χ0v) is 9.35. The van der Waals surface area contributed by atoms with E-state index in [-0.39, 0.29) is 0 Å². The lowest BCUT2D eigenvalue weighted by molar-refractivity contribution is 0.0578. The van der Waals surface area contributed by atoms with E-state index < -0.39 is 0 Å². The monoisotopic (exact) mass is 182 g/mol. The van der Waals surface area contributed by atoms with Gasteiger partial charge in [-0.15, -0.1) is 0 Å². The van der Waals surface area contributed by atoms with Crippen molar-refractivity contribution in [2.45, 2.75) is 57.7 Å². The van der Waals surface area contributed by atoms with Crippen molar-refractivity contribution in [2.24, 2.45) is 0 Å². The number of rotatable bonds is 1. The van der Waals surface area contributed by atoms with E-state index in [2.05, 4.69) is 37.9 Å². The highest BCUT2D eigenvalue weighted by molar-refractivity contribution is 5.06. The van der Waals surface area contributed by atoms with Gasteiger partial charge in [-0.2, -0.15) is 0 Å². The molecule has 76 valence electrons. The second-order valence-electron chi connectivity index (χ2n) is 5.74. The van der Waals surface area contributed by atoms with Gasteiger partial charge in [0.15, 0.2) is 0 Å². The average Bonchev–Trinajstić information content (AvgIpc) is 2.75. The van der Waals surface area contributed by atoms with E-state index in [0.29, 0.717) is 17.1 Å². The van der Waals surface area contributed by atoms with E-state index in [9.17, 15) is 0 Å². The molecular formula is C11H22N2. The van der Waals surface area contributed by atoms with Crippen LogP contribution in [0.3, 0.4) is 0 Å². The molecule has 0 aromatic carbocycles. The average molecular weight is 182 g/mol. The third kappa shape index (κ3) is 1.75. The van der Waals surface area contributed by atoms with Crippen molar-refractivity contribution in [1.82, 2.24) is 10.2 Å². The fraction of sp³-hybridized carbons (Fsp3) is 1.00. The van der Waals surface area contributed by atoms with Crippen LogP contribution in [0.5, 0.6) is 0 Å². The Labute approximate surface area is 81.7 Å². The van der Waals surface area contributed by atoms with Gasteiger partial charge in [0.2, 0.25) is 0 Å². The highest BCUT2D eigenvalue weighted by Gasteiger charge is 2.48. The molecule has 1 aliphatic carbocycles. The Balaban J connectivity index is 2.08. The molecule has 1 aliphatic heterocycles. The molecule has 0 amide bonds. The highest BCUT2D eigenvalue weighted by atomic mass is 15.3. The Bertz CT molecular complexity index is 206. The number of nitrogens with zero attached hydrogens (tertiary/aromatic N) is 1. The Hall–Kier alpha value is -0.0800. The summed E-state index contributed by atoms with van der Waals surface area (Å²) in [5.41, 5.74) is 0.844. The summed E-state index contributed by atoms with van der Waals surface area (Å²) in [4.78, 5) is 2.70. The molecule has 0 aromatic rings. The minimum Gasteiger partial charge on any atom is -0.309 e. The third-order valence-electron chi connectivity index (χ3n) is 3.64. The van der Waals surface area contributed by atoms with Crippen LogP contribution in [0.2, 0.25) is 0 Å². The van der Waals surface area contributed by atoms with Crippen molar-refractivity contribution >= 4 is 0 Å². The number of nitrogens with one attached hydrogen (secondary N) is 1. The predicted molar refractivity (Wildman–Crippen MR) is 55.9 cm³/mol. The Morgan fingerprint density at radius 1 is 1.23 bits per heavy atom. The Kier molecular flexibility index (Phi) is 1.97. The Morgan fingerprint density at radius 2 is 1.85 bits per heavy atom. The van der Waals surface area contributed by atoms with Crippen LogP contribution in [0.15, 0.2) is 0 Å². The van der Waals surface area contributed by atoms with Crippen LogP contribution in [0, 0.1) is 0 Å². The molecule has 2 heteroatoms. The SMILES string of the molecule is CC1CNC(C)(C)CN1C1(C)CC1. The van der Waals surface area contributed by atoms with E-state index in [4.69, 9.17) is 0 Å². The molecule has 1 heterocycles. The molecule has 1 saturated carbocycles. The van der Waals surface area contributed by atoms with Crippen LogP contribution in [-0.4, -0.2) is 35.1 Å². The maximum Gasteiger partial charge on any atom is 0.0253 e. The normalized spacial score (nSPS) is 37.4. The molecule has 1 atom stereocenters. The van der Waals surface area contributed by atoms with Gasteiger partial charge in [-0.25, -0.2) is 0 Å². The summed E-state index contributed by atoms with van der Waals surface area (Å²) in [5.74, 6) is 0. The largest absolute Gasteiger partial charge is 0.309 e. The molecule has 2 aliphatic rings. The van der Waals surface area contributed by atoms with Crippen molar-refractivity contribution in [3.8, 4) is 0 Å². The fourth-order valence-electron chi connectivity index (χ4n) is 2.36. The van der Waals surface area contributed by atoms with Gasteiger partial charge in [0, 0.05) is 30.2 Å². The number of hydrogen-bond acceptors (Lipinski definition) is 2. The molecule has 13 heavy (non-hydrogen) atoms. The first-order valence-corrected chi connectivity index (χ1v) is 5.45. The minimum absolute atomic E-state index is 0.304. The zero-order chi connectivity index (χ0) is 9.69. The summed E-state index contributed by atoms with van der Waals surface area (Å²) in [6, 6.07) is 0.709. The second kappa shape index (κ2) is 2.71. The molecular weight excluding hydrogens is 160 g/mol. The standard InChI is InChI=1S/C11H22N2/c1-9-7-12-10(2,3)8-13(9)11(4)5-6-11/h9,12H,5-8H2,1-4H3. The number of hydrogen-bond donors (Lipinski definition) is 1. The third-order valence-corrected chi connectivity index (χ3v) is 3.64. The quantitative estimate of drug-likeness (QED) is 0.663. The first-order valence-electron chi connectivity index (χ1n) is 5.45. The molecule has 1 N–H and O–H groups in total. The summed E-state index contributed by atoms with van der Waals surface area (Å²) in [5, 5.41) is 3.60. The molecule has 1 saturated heterocycles. The van der Waals surface area contributed by atoms with E-state index in [0.717, 1.165) is 6.54 Å². The van der Waals surface area contributed by atoms with Crippen molar-refractivity contribution < 1.29 is 0 Å². The van der Waals surface area contributed by atoms with E-state index in [1.54, 1.807) is 0 Å². The maximum atomic E-state index is 3.60. The summed E-state index contributed by atoms with van der Waals surface area (Å²) in [6.07, 6.45) is 2.79. The molecule has 0 aromatic heterocycles. The molecule has 0 radical (unpaired) electrons. The van der Waals surface area contributed by atoms with Gasteiger partial charge in [0.25, 0.3) is 0 Å². The van der Waals surface area contributed by atoms with Gasteiger partial charge in [0.1, 0.15) is 0 Å². The number of piperazine rings is 1. The van der Waals surface area contributed by atoms with Gasteiger partial charge >= 0.3 is 0 Å². The van der Waals surface area contributed by atoms with Crippen LogP contribution >= 0.6 is 0 Å². The molecule has 0 bridgehead atoms. The summed E-state index contributed by atoms with van der Waals surface area (Å²) in [7, 11) is 0. The molecule has 0 spiro atoms. The van der Waals surface area contributed by atoms with Crippen LogP contribution < -0.4 is 5.32 Å². The van der Waals surface area contributed by atoms with Gasteiger partial charge in [-0.3, -0.25) is 4.90 Å². The van der Waals surface area contributed by atoms with Crippen molar-refractivity contribution in [3.05, 3.63) is 0 Å². The van der Waals surface area contributed by atoms with Crippen molar-refractivity contribution in [1.29, 1.82) is 0 Å².